The molecule has 3 aromatic rings. The number of benzene rings is 1. The van der Waals surface area contributed by atoms with Crippen LogP contribution in [-0.4, -0.2) is 26.5 Å². The molecule has 3 rings (SSSR count). The lowest BCUT2D eigenvalue weighted by Gasteiger charge is -2.17. The van der Waals surface area contributed by atoms with E-state index in [9.17, 15) is 0 Å². The molecular weight excluding hydrogens is 262 g/mol. The zero-order valence-electron chi connectivity index (χ0n) is 11.9. The first-order valence-electron chi connectivity index (χ1n) is 7.08. The molecule has 5 heteroatoms. The van der Waals surface area contributed by atoms with E-state index in [1.54, 1.807) is 0 Å². The quantitative estimate of drug-likeness (QED) is 0.777. The van der Waals surface area contributed by atoms with E-state index in [2.05, 4.69) is 27.2 Å². The van der Waals surface area contributed by atoms with Crippen molar-refractivity contribution in [3.63, 3.8) is 0 Å². The Hall–Kier alpha value is -2.40. The van der Waals surface area contributed by atoms with Gasteiger partial charge in [0.2, 0.25) is 0 Å². The Morgan fingerprint density at radius 2 is 1.81 bits per heavy atom. The van der Waals surface area contributed by atoms with Crippen LogP contribution in [0.4, 0.5) is 0 Å². The Morgan fingerprint density at radius 3 is 2.57 bits per heavy atom. The van der Waals surface area contributed by atoms with Gasteiger partial charge in [-0.05, 0) is 25.1 Å². The van der Waals surface area contributed by atoms with E-state index >= 15 is 0 Å². The third-order valence-electron chi connectivity index (χ3n) is 3.28. The Bertz CT molecular complexity index is 714. The van der Waals surface area contributed by atoms with E-state index in [0.717, 1.165) is 35.3 Å². The monoisotopic (exact) mass is 279 g/mol. The Kier molecular flexibility index (Phi) is 4.12. The van der Waals surface area contributed by atoms with Gasteiger partial charge in [0.15, 0.2) is 0 Å². The average Bonchev–Trinajstić information content (AvgIpc) is 2.56. The average molecular weight is 279 g/mol. The van der Waals surface area contributed by atoms with Crippen LogP contribution >= 0.6 is 0 Å². The number of fused-ring (bicyclic) bond motifs is 1. The van der Waals surface area contributed by atoms with Crippen LogP contribution in [0.15, 0.2) is 49.2 Å². The SMILES string of the molecule is CCCNC(c1cncnc1)c1cnc2ccccc2n1. The molecule has 0 saturated heterocycles. The van der Waals surface area contributed by atoms with Gasteiger partial charge in [-0.2, -0.15) is 0 Å². The fourth-order valence-corrected chi connectivity index (χ4v) is 2.25. The van der Waals surface area contributed by atoms with Gasteiger partial charge in [0.05, 0.1) is 29.0 Å². The van der Waals surface area contributed by atoms with Crippen LogP contribution in [0.25, 0.3) is 11.0 Å². The van der Waals surface area contributed by atoms with Crippen molar-refractivity contribution in [2.24, 2.45) is 0 Å². The van der Waals surface area contributed by atoms with E-state index < -0.39 is 0 Å². The lowest BCUT2D eigenvalue weighted by atomic mass is 10.1. The van der Waals surface area contributed by atoms with E-state index in [0.29, 0.717) is 0 Å². The Morgan fingerprint density at radius 1 is 1.05 bits per heavy atom. The second kappa shape index (κ2) is 6.37. The highest BCUT2D eigenvalue weighted by Gasteiger charge is 2.16. The maximum absolute atomic E-state index is 4.72. The second-order valence-electron chi connectivity index (χ2n) is 4.84. The molecule has 0 aliphatic rings. The van der Waals surface area contributed by atoms with Crippen LogP contribution < -0.4 is 5.32 Å². The Balaban J connectivity index is 2.01. The summed E-state index contributed by atoms with van der Waals surface area (Å²) >= 11 is 0. The molecule has 0 saturated carbocycles. The molecule has 1 N–H and O–H groups in total. The first-order chi connectivity index (χ1) is 10.4. The highest BCUT2D eigenvalue weighted by molar-refractivity contribution is 5.73. The number of rotatable bonds is 5. The van der Waals surface area contributed by atoms with Crippen molar-refractivity contribution in [1.29, 1.82) is 0 Å². The highest BCUT2D eigenvalue weighted by atomic mass is 15.0. The zero-order valence-corrected chi connectivity index (χ0v) is 11.9. The molecule has 0 radical (unpaired) electrons. The molecule has 0 amide bonds. The molecule has 21 heavy (non-hydrogen) atoms. The minimum atomic E-state index is -0.0387. The van der Waals surface area contributed by atoms with Crippen molar-refractivity contribution in [3.8, 4) is 0 Å². The molecule has 0 spiro atoms. The van der Waals surface area contributed by atoms with Crippen molar-refractivity contribution in [2.45, 2.75) is 19.4 Å². The van der Waals surface area contributed by atoms with Gasteiger partial charge in [-0.25, -0.2) is 15.0 Å². The molecule has 0 fully saturated rings. The van der Waals surface area contributed by atoms with Crippen molar-refractivity contribution >= 4 is 11.0 Å². The molecule has 106 valence electrons. The second-order valence-corrected chi connectivity index (χ2v) is 4.84. The first-order valence-corrected chi connectivity index (χ1v) is 7.08. The summed E-state index contributed by atoms with van der Waals surface area (Å²) in [4.78, 5) is 17.4. The van der Waals surface area contributed by atoms with Gasteiger partial charge in [0.1, 0.15) is 6.33 Å². The van der Waals surface area contributed by atoms with E-state index in [1.807, 2.05) is 42.9 Å². The molecule has 5 nitrogen and oxygen atoms in total. The summed E-state index contributed by atoms with van der Waals surface area (Å²) in [5.74, 6) is 0. The van der Waals surface area contributed by atoms with E-state index in [-0.39, 0.29) is 6.04 Å². The molecule has 2 heterocycles. The summed E-state index contributed by atoms with van der Waals surface area (Å²) in [6, 6.07) is 7.84. The number of hydrogen-bond acceptors (Lipinski definition) is 5. The van der Waals surface area contributed by atoms with Gasteiger partial charge in [0.25, 0.3) is 0 Å². The van der Waals surface area contributed by atoms with Crippen LogP contribution in [0.2, 0.25) is 0 Å². The molecule has 1 aromatic carbocycles. The third kappa shape index (κ3) is 3.03. The minimum absolute atomic E-state index is 0.0387. The highest BCUT2D eigenvalue weighted by Crippen LogP contribution is 2.20. The predicted molar refractivity (Wildman–Crippen MR) is 81.7 cm³/mol. The summed E-state index contributed by atoms with van der Waals surface area (Å²) in [5, 5.41) is 3.48. The van der Waals surface area contributed by atoms with Crippen LogP contribution in [0.3, 0.4) is 0 Å². The standard InChI is InChI=1S/C16H17N5/c1-2-7-19-16(12-8-17-11-18-9-12)15-10-20-13-5-3-4-6-14(13)21-15/h3-6,8-11,16,19H,2,7H2,1H3. The summed E-state index contributed by atoms with van der Waals surface area (Å²) < 4.78 is 0. The lowest BCUT2D eigenvalue weighted by Crippen LogP contribution is -2.24. The summed E-state index contributed by atoms with van der Waals surface area (Å²) in [5.41, 5.74) is 3.68. The first kappa shape index (κ1) is 13.6. The van der Waals surface area contributed by atoms with Crippen LogP contribution in [0.1, 0.15) is 30.6 Å². The van der Waals surface area contributed by atoms with Gasteiger partial charge in [0, 0.05) is 18.0 Å². The molecule has 0 bridgehead atoms. The van der Waals surface area contributed by atoms with Crippen molar-refractivity contribution in [2.75, 3.05) is 6.54 Å². The maximum Gasteiger partial charge on any atom is 0.115 e. The third-order valence-corrected chi connectivity index (χ3v) is 3.28. The molecule has 0 aliphatic carbocycles. The van der Waals surface area contributed by atoms with Crippen LogP contribution in [0, 0.1) is 0 Å². The summed E-state index contributed by atoms with van der Waals surface area (Å²) in [6.07, 6.45) is 8.04. The van der Waals surface area contributed by atoms with Gasteiger partial charge < -0.3 is 5.32 Å². The van der Waals surface area contributed by atoms with E-state index in [1.165, 1.54) is 6.33 Å². The predicted octanol–water partition coefficient (Wildman–Crippen LogP) is 2.51. The van der Waals surface area contributed by atoms with Crippen molar-refractivity contribution < 1.29 is 0 Å². The van der Waals surface area contributed by atoms with Gasteiger partial charge >= 0.3 is 0 Å². The van der Waals surface area contributed by atoms with Crippen LogP contribution in [0.5, 0.6) is 0 Å². The number of aromatic nitrogens is 4. The minimum Gasteiger partial charge on any atom is -0.305 e. The summed E-state index contributed by atoms with van der Waals surface area (Å²) in [7, 11) is 0. The number of hydrogen-bond donors (Lipinski definition) is 1. The van der Waals surface area contributed by atoms with Crippen molar-refractivity contribution in [1.82, 2.24) is 25.3 Å². The van der Waals surface area contributed by atoms with Gasteiger partial charge in [-0.3, -0.25) is 4.98 Å². The number of nitrogens with one attached hydrogen (secondary N) is 1. The number of para-hydroxylation sites is 2. The maximum atomic E-state index is 4.72. The van der Waals surface area contributed by atoms with Gasteiger partial charge in [-0.15, -0.1) is 0 Å². The summed E-state index contributed by atoms with van der Waals surface area (Å²) in [6.45, 7) is 3.03. The normalized spacial score (nSPS) is 12.4. The van der Waals surface area contributed by atoms with Crippen molar-refractivity contribution in [3.05, 3.63) is 60.4 Å². The largest absolute Gasteiger partial charge is 0.305 e. The fraction of sp³-hybridized carbons (Fsp3) is 0.250. The topological polar surface area (TPSA) is 63.6 Å². The van der Waals surface area contributed by atoms with Crippen LogP contribution in [-0.2, 0) is 0 Å². The molecule has 1 unspecified atom stereocenters. The number of nitrogens with zero attached hydrogens (tertiary/aromatic N) is 4. The van der Waals surface area contributed by atoms with Gasteiger partial charge in [-0.1, -0.05) is 19.1 Å². The molecular formula is C16H17N5. The molecule has 2 aromatic heterocycles. The molecule has 1 atom stereocenters. The zero-order chi connectivity index (χ0) is 14.5. The molecule has 0 aliphatic heterocycles. The fourth-order valence-electron chi connectivity index (χ4n) is 2.25. The lowest BCUT2D eigenvalue weighted by molar-refractivity contribution is 0.583. The van der Waals surface area contributed by atoms with E-state index in [4.69, 9.17) is 4.98 Å². The smallest absolute Gasteiger partial charge is 0.115 e. The Labute approximate surface area is 123 Å².